The van der Waals surface area contributed by atoms with Crippen molar-refractivity contribution in [3.63, 3.8) is 0 Å². The van der Waals surface area contributed by atoms with E-state index in [-0.39, 0.29) is 38.1 Å². The minimum absolute atomic E-state index is 0.0528. The normalized spacial score (nSPS) is 17.3. The number of aliphatic hydroxyl groups excluding tert-OH is 1. The number of fused-ring (bicyclic) bond motifs is 1. The third-order valence-corrected chi connectivity index (χ3v) is 9.91. The molecule has 2 heterocycles. The highest BCUT2D eigenvalue weighted by molar-refractivity contribution is 8.36. The summed E-state index contributed by atoms with van der Waals surface area (Å²) in [4.78, 5) is 4.17. The number of hydrogen-bond donors (Lipinski definition) is 1. The molecule has 0 saturated heterocycles. The number of ether oxygens (including phenoxy) is 1. The van der Waals surface area contributed by atoms with Gasteiger partial charge in [-0.05, 0) is 53.1 Å². The maximum Gasteiger partial charge on any atom is 0.417 e. The number of pyridine rings is 1. The first kappa shape index (κ1) is 24.5. The van der Waals surface area contributed by atoms with Crippen molar-refractivity contribution in [1.82, 2.24) is 4.98 Å². The van der Waals surface area contributed by atoms with Crippen LogP contribution in [-0.2, 0) is 37.2 Å². The molecule has 34 heavy (non-hydrogen) atoms. The second-order valence-electron chi connectivity index (χ2n) is 8.00. The van der Waals surface area contributed by atoms with E-state index in [1.54, 1.807) is 50.2 Å². The lowest BCUT2D eigenvalue weighted by molar-refractivity contribution is -0.137. The standard InChI is InChI=1S/C24H19ClF3NO3S2/c1-23(2)22-15(9-6-12-29-22)19(30)21(34(23)33-31)18-16(24(26,27)28)10-11-17(25)20(18)32-13-14-7-4-3-5-8-14/h3-12,30H,13H2,1-2H3. The molecule has 0 fully saturated rings. The Morgan fingerprint density at radius 3 is 2.47 bits per heavy atom. The number of halogens is 4. The summed E-state index contributed by atoms with van der Waals surface area (Å²) in [5.74, 6) is -0.678. The largest absolute Gasteiger partial charge is 0.506 e. The van der Waals surface area contributed by atoms with Gasteiger partial charge in [-0.1, -0.05) is 41.9 Å². The first-order chi connectivity index (χ1) is 16.1. The molecular weight excluding hydrogens is 507 g/mol. The van der Waals surface area contributed by atoms with Gasteiger partial charge in [0.25, 0.3) is 0 Å². The Balaban J connectivity index is 2.04. The molecule has 178 valence electrons. The van der Waals surface area contributed by atoms with Crippen LogP contribution in [-0.4, -0.2) is 14.3 Å². The average molecular weight is 526 g/mol. The fourth-order valence-electron chi connectivity index (χ4n) is 3.85. The molecule has 0 bridgehead atoms. The van der Waals surface area contributed by atoms with Crippen LogP contribution in [0.2, 0.25) is 5.02 Å². The Bertz CT molecular complexity index is 1350. The molecule has 3 aromatic rings. The van der Waals surface area contributed by atoms with Crippen LogP contribution in [0.15, 0.2) is 60.8 Å². The Kier molecular flexibility index (Phi) is 6.63. The van der Waals surface area contributed by atoms with Gasteiger partial charge < -0.3 is 9.84 Å². The summed E-state index contributed by atoms with van der Waals surface area (Å²) in [5, 5.41) is 11.2. The highest BCUT2D eigenvalue weighted by atomic mass is 35.5. The van der Waals surface area contributed by atoms with Gasteiger partial charge in [0, 0.05) is 17.3 Å². The summed E-state index contributed by atoms with van der Waals surface area (Å²) in [5.41, 5.74) is -0.0533. The van der Waals surface area contributed by atoms with Crippen LogP contribution >= 0.6 is 11.6 Å². The maximum atomic E-state index is 14.2. The van der Waals surface area contributed by atoms with E-state index in [1.807, 2.05) is 6.07 Å². The molecule has 1 atom stereocenters. The molecule has 4 nitrogen and oxygen atoms in total. The average Bonchev–Trinajstić information content (AvgIpc) is 2.80. The lowest BCUT2D eigenvalue weighted by Gasteiger charge is -2.35. The lowest BCUT2D eigenvalue weighted by atomic mass is 9.97. The Labute approximate surface area is 204 Å². The summed E-state index contributed by atoms with van der Waals surface area (Å²) < 4.78 is 59.9. The van der Waals surface area contributed by atoms with Crippen LogP contribution in [0.4, 0.5) is 13.2 Å². The zero-order valence-corrected chi connectivity index (χ0v) is 20.4. The lowest BCUT2D eigenvalue weighted by Crippen LogP contribution is -2.31. The SMILES string of the molecule is CC1(C)c2ncccc2C(O)=C(c2c(C(F)(F)F)ccc(Cl)c2OCc2ccccc2)S1=S=O. The summed E-state index contributed by atoms with van der Waals surface area (Å²) >= 11 is 6.36. The number of hydrogen-bond acceptors (Lipinski definition) is 4. The highest BCUT2D eigenvalue weighted by Crippen LogP contribution is 2.51. The minimum atomic E-state index is -4.79. The molecule has 1 aromatic heterocycles. The molecule has 1 aliphatic heterocycles. The van der Waals surface area contributed by atoms with Gasteiger partial charge >= 0.3 is 6.18 Å². The Hall–Kier alpha value is -2.62. The van der Waals surface area contributed by atoms with E-state index in [4.69, 9.17) is 16.3 Å². The topological polar surface area (TPSA) is 59.4 Å². The van der Waals surface area contributed by atoms with Gasteiger partial charge in [-0.15, -0.1) is 0 Å². The van der Waals surface area contributed by atoms with E-state index in [9.17, 15) is 22.5 Å². The fraction of sp³-hybridized carbons (Fsp3) is 0.208. The summed E-state index contributed by atoms with van der Waals surface area (Å²) in [6, 6.07) is 14.0. The minimum Gasteiger partial charge on any atom is -0.506 e. The molecular formula is C24H19ClF3NO3S2. The van der Waals surface area contributed by atoms with E-state index in [0.717, 1.165) is 17.7 Å². The van der Waals surface area contributed by atoms with Crippen LogP contribution in [0.3, 0.4) is 0 Å². The van der Waals surface area contributed by atoms with Crippen molar-refractivity contribution in [3.8, 4) is 5.75 Å². The van der Waals surface area contributed by atoms with Crippen molar-refractivity contribution >= 4 is 41.9 Å². The third kappa shape index (κ3) is 4.28. The van der Waals surface area contributed by atoms with Gasteiger partial charge in [0.15, 0.2) is 0 Å². The molecule has 1 N–H and O–H groups in total. The molecule has 0 spiro atoms. The van der Waals surface area contributed by atoms with Gasteiger partial charge in [0.1, 0.15) is 28.3 Å². The van der Waals surface area contributed by atoms with Crippen molar-refractivity contribution in [2.75, 3.05) is 0 Å². The maximum absolute atomic E-state index is 14.2. The quantitative estimate of drug-likeness (QED) is 0.411. The molecule has 0 radical (unpaired) electrons. The van der Waals surface area contributed by atoms with Crippen LogP contribution in [0.25, 0.3) is 10.7 Å². The number of aromatic nitrogens is 1. The summed E-state index contributed by atoms with van der Waals surface area (Å²) in [7, 11) is -1.34. The van der Waals surface area contributed by atoms with Crippen LogP contribution in [0.5, 0.6) is 5.75 Å². The zero-order valence-electron chi connectivity index (χ0n) is 18.0. The van der Waals surface area contributed by atoms with Crippen LogP contribution < -0.4 is 4.74 Å². The summed E-state index contributed by atoms with van der Waals surface area (Å²) in [6.07, 6.45) is -3.27. The van der Waals surface area contributed by atoms with Gasteiger partial charge in [-0.25, -0.2) is 4.21 Å². The molecule has 0 aliphatic carbocycles. The van der Waals surface area contributed by atoms with Gasteiger partial charge in [0.05, 0.1) is 25.9 Å². The molecule has 10 heteroatoms. The first-order valence-electron chi connectivity index (χ1n) is 10.1. The van der Waals surface area contributed by atoms with Crippen LogP contribution in [0.1, 0.15) is 41.8 Å². The Morgan fingerprint density at radius 2 is 1.82 bits per heavy atom. The van der Waals surface area contributed by atoms with Gasteiger partial charge in [-0.3, -0.25) is 4.98 Å². The fourth-order valence-corrected chi connectivity index (χ4v) is 7.26. The van der Waals surface area contributed by atoms with E-state index < -0.39 is 37.3 Å². The second kappa shape index (κ2) is 9.20. The van der Waals surface area contributed by atoms with Crippen molar-refractivity contribution < 1.29 is 27.2 Å². The van der Waals surface area contributed by atoms with Crippen molar-refractivity contribution in [2.45, 2.75) is 31.4 Å². The molecule has 1 unspecified atom stereocenters. The van der Waals surface area contributed by atoms with Crippen LogP contribution in [0, 0.1) is 0 Å². The smallest absolute Gasteiger partial charge is 0.417 e. The number of alkyl halides is 3. The number of nitrogens with zero attached hydrogens (tertiary/aromatic N) is 1. The second-order valence-corrected chi connectivity index (χ2v) is 11.9. The molecule has 1 aliphatic rings. The van der Waals surface area contributed by atoms with Crippen molar-refractivity contribution in [1.29, 1.82) is 0 Å². The van der Waals surface area contributed by atoms with Gasteiger partial charge in [0.2, 0.25) is 0 Å². The highest BCUT2D eigenvalue weighted by Gasteiger charge is 2.44. The van der Waals surface area contributed by atoms with E-state index in [2.05, 4.69) is 4.98 Å². The van der Waals surface area contributed by atoms with E-state index >= 15 is 0 Å². The number of aliphatic hydroxyl groups is 1. The van der Waals surface area contributed by atoms with Crippen molar-refractivity contribution in [3.05, 3.63) is 93.8 Å². The zero-order chi connectivity index (χ0) is 24.7. The third-order valence-electron chi connectivity index (χ3n) is 5.43. The Morgan fingerprint density at radius 1 is 1.12 bits per heavy atom. The summed E-state index contributed by atoms with van der Waals surface area (Å²) in [6.45, 7) is 3.39. The predicted molar refractivity (Wildman–Crippen MR) is 129 cm³/mol. The van der Waals surface area contributed by atoms with E-state index in [0.29, 0.717) is 5.69 Å². The molecule has 0 amide bonds. The molecule has 4 rings (SSSR count). The number of rotatable bonds is 4. The van der Waals surface area contributed by atoms with E-state index in [1.165, 1.54) is 6.20 Å². The first-order valence-corrected chi connectivity index (χ1v) is 12.9. The number of benzene rings is 2. The molecule has 0 saturated carbocycles. The monoisotopic (exact) mass is 525 g/mol. The van der Waals surface area contributed by atoms with Gasteiger partial charge in [-0.2, -0.15) is 13.2 Å². The molecule has 2 aromatic carbocycles. The predicted octanol–water partition coefficient (Wildman–Crippen LogP) is 6.71. The van der Waals surface area contributed by atoms with Crippen molar-refractivity contribution in [2.24, 2.45) is 0 Å².